The Bertz CT molecular complexity index is 494. The molecule has 1 aromatic rings. The average Bonchev–Trinajstić information content (AvgIpc) is 3.02. The number of amides is 2. The molecule has 0 spiro atoms. The van der Waals surface area contributed by atoms with Crippen molar-refractivity contribution in [3.05, 3.63) is 18.5 Å². The molecule has 3 rings (SSSR count). The lowest BCUT2D eigenvalue weighted by molar-refractivity contribution is -0.146. The van der Waals surface area contributed by atoms with E-state index in [0.717, 1.165) is 25.7 Å². The smallest absolute Gasteiger partial charge is 0.245 e. The van der Waals surface area contributed by atoms with E-state index in [1.807, 2.05) is 12.3 Å². The molecule has 1 aliphatic heterocycles. The lowest BCUT2D eigenvalue weighted by atomic mass is 9.82. The Kier molecular flexibility index (Phi) is 4.22. The number of hydrogen-bond acceptors (Lipinski definition) is 3. The lowest BCUT2D eigenvalue weighted by Gasteiger charge is -2.37. The van der Waals surface area contributed by atoms with Gasteiger partial charge in [0.05, 0.1) is 13.1 Å². The molecule has 2 heterocycles. The number of rotatable bonds is 4. The molecule has 1 aliphatic carbocycles. The third-order valence-corrected chi connectivity index (χ3v) is 4.51. The Hall–Kier alpha value is -1.85. The highest BCUT2D eigenvalue weighted by Crippen LogP contribution is 2.28. The van der Waals surface area contributed by atoms with Crippen LogP contribution in [-0.4, -0.2) is 45.6 Å². The topological polar surface area (TPSA) is 67.2 Å². The van der Waals surface area contributed by atoms with E-state index in [1.54, 1.807) is 15.8 Å². The standard InChI is InChI=1S/C15H22N4O2/c20-13-11-18(9-10-19-8-4-7-16-19)15(21)14(17-13)12-5-2-1-3-6-12/h4,7-8,12,14H,1-3,5-6,9-11H2,(H,17,20). The molecule has 2 fully saturated rings. The first-order chi connectivity index (χ1) is 10.2. The number of carbonyl (C=O) groups excluding carboxylic acids is 2. The van der Waals surface area contributed by atoms with Gasteiger partial charge in [-0.3, -0.25) is 14.3 Å². The molecule has 1 saturated heterocycles. The second-order valence-electron chi connectivity index (χ2n) is 5.97. The van der Waals surface area contributed by atoms with E-state index in [-0.39, 0.29) is 24.4 Å². The third-order valence-electron chi connectivity index (χ3n) is 4.51. The van der Waals surface area contributed by atoms with Crippen molar-refractivity contribution in [1.29, 1.82) is 0 Å². The van der Waals surface area contributed by atoms with Gasteiger partial charge in [-0.1, -0.05) is 19.3 Å². The molecular formula is C15H22N4O2. The zero-order chi connectivity index (χ0) is 14.7. The van der Waals surface area contributed by atoms with E-state index in [2.05, 4.69) is 10.4 Å². The van der Waals surface area contributed by atoms with Gasteiger partial charge in [-0.05, 0) is 24.8 Å². The summed E-state index contributed by atoms with van der Waals surface area (Å²) in [6.07, 6.45) is 9.25. The molecule has 2 amide bonds. The van der Waals surface area contributed by atoms with Crippen LogP contribution in [0.3, 0.4) is 0 Å². The summed E-state index contributed by atoms with van der Waals surface area (Å²) in [7, 11) is 0. The maximum Gasteiger partial charge on any atom is 0.245 e. The van der Waals surface area contributed by atoms with Gasteiger partial charge in [0.25, 0.3) is 0 Å². The minimum Gasteiger partial charge on any atom is -0.342 e. The predicted octanol–water partition coefficient (Wildman–Crippen LogP) is 0.790. The van der Waals surface area contributed by atoms with E-state index < -0.39 is 0 Å². The van der Waals surface area contributed by atoms with Crippen LogP contribution in [0.5, 0.6) is 0 Å². The number of nitrogens with one attached hydrogen (secondary N) is 1. The van der Waals surface area contributed by atoms with Gasteiger partial charge in [0.15, 0.2) is 0 Å². The fraction of sp³-hybridized carbons (Fsp3) is 0.667. The Morgan fingerprint density at radius 3 is 2.71 bits per heavy atom. The summed E-state index contributed by atoms with van der Waals surface area (Å²) >= 11 is 0. The van der Waals surface area contributed by atoms with Gasteiger partial charge in [0.2, 0.25) is 11.8 Å². The number of aromatic nitrogens is 2. The summed E-state index contributed by atoms with van der Waals surface area (Å²) in [6, 6.07) is 1.54. The monoisotopic (exact) mass is 290 g/mol. The van der Waals surface area contributed by atoms with E-state index in [9.17, 15) is 9.59 Å². The molecule has 2 aliphatic rings. The third kappa shape index (κ3) is 3.25. The van der Waals surface area contributed by atoms with Crippen LogP contribution < -0.4 is 5.32 Å². The minimum atomic E-state index is -0.316. The van der Waals surface area contributed by atoms with Gasteiger partial charge >= 0.3 is 0 Å². The van der Waals surface area contributed by atoms with Gasteiger partial charge in [-0.15, -0.1) is 0 Å². The predicted molar refractivity (Wildman–Crippen MR) is 77.3 cm³/mol. The number of piperazine rings is 1. The van der Waals surface area contributed by atoms with E-state index >= 15 is 0 Å². The quantitative estimate of drug-likeness (QED) is 0.891. The molecule has 1 unspecified atom stereocenters. The van der Waals surface area contributed by atoms with Crippen molar-refractivity contribution in [2.24, 2.45) is 5.92 Å². The highest BCUT2D eigenvalue weighted by Gasteiger charge is 2.37. The second kappa shape index (κ2) is 6.28. The summed E-state index contributed by atoms with van der Waals surface area (Å²) in [6.45, 7) is 1.34. The second-order valence-corrected chi connectivity index (χ2v) is 5.97. The van der Waals surface area contributed by atoms with Crippen LogP contribution in [-0.2, 0) is 16.1 Å². The highest BCUT2D eigenvalue weighted by molar-refractivity contribution is 5.95. The van der Waals surface area contributed by atoms with Crippen LogP contribution in [0.2, 0.25) is 0 Å². The van der Waals surface area contributed by atoms with Crippen molar-refractivity contribution >= 4 is 11.8 Å². The summed E-state index contributed by atoms with van der Waals surface area (Å²) in [5.41, 5.74) is 0. The maximum atomic E-state index is 12.6. The molecule has 6 nitrogen and oxygen atoms in total. The summed E-state index contributed by atoms with van der Waals surface area (Å²) in [5, 5.41) is 7.04. The zero-order valence-corrected chi connectivity index (χ0v) is 12.2. The Balaban J connectivity index is 1.63. The van der Waals surface area contributed by atoms with Crippen LogP contribution in [0.25, 0.3) is 0 Å². The van der Waals surface area contributed by atoms with E-state index in [0.29, 0.717) is 19.0 Å². The van der Waals surface area contributed by atoms with Crippen molar-refractivity contribution in [1.82, 2.24) is 20.0 Å². The molecule has 1 atom stereocenters. The van der Waals surface area contributed by atoms with Crippen LogP contribution in [0.1, 0.15) is 32.1 Å². The van der Waals surface area contributed by atoms with Gasteiger partial charge in [-0.25, -0.2) is 0 Å². The number of carbonyl (C=O) groups is 2. The Morgan fingerprint density at radius 2 is 2.00 bits per heavy atom. The minimum absolute atomic E-state index is 0.0364. The van der Waals surface area contributed by atoms with Crippen LogP contribution in [0.15, 0.2) is 18.5 Å². The normalized spacial score (nSPS) is 24.2. The van der Waals surface area contributed by atoms with Crippen LogP contribution >= 0.6 is 0 Å². The molecule has 114 valence electrons. The van der Waals surface area contributed by atoms with Crippen molar-refractivity contribution in [3.63, 3.8) is 0 Å². The van der Waals surface area contributed by atoms with Crippen molar-refractivity contribution in [2.45, 2.75) is 44.7 Å². The first-order valence-electron chi connectivity index (χ1n) is 7.79. The van der Waals surface area contributed by atoms with Crippen molar-refractivity contribution in [2.75, 3.05) is 13.1 Å². The SMILES string of the molecule is O=C1CN(CCn2cccn2)C(=O)C(C2CCCCC2)N1. The molecule has 1 aromatic heterocycles. The van der Waals surface area contributed by atoms with Gasteiger partial charge in [0, 0.05) is 18.9 Å². The number of nitrogens with zero attached hydrogens (tertiary/aromatic N) is 3. The fourth-order valence-electron chi connectivity index (χ4n) is 3.36. The fourth-order valence-corrected chi connectivity index (χ4v) is 3.36. The van der Waals surface area contributed by atoms with E-state index in [1.165, 1.54) is 6.42 Å². The zero-order valence-electron chi connectivity index (χ0n) is 12.2. The average molecular weight is 290 g/mol. The summed E-state index contributed by atoms with van der Waals surface area (Å²) in [5.74, 6) is 0.349. The first-order valence-corrected chi connectivity index (χ1v) is 7.79. The molecule has 1 N–H and O–H groups in total. The van der Waals surface area contributed by atoms with Gasteiger partial charge in [0.1, 0.15) is 6.04 Å². The van der Waals surface area contributed by atoms with Crippen LogP contribution in [0.4, 0.5) is 0 Å². The first kappa shape index (κ1) is 14.1. The molecular weight excluding hydrogens is 268 g/mol. The maximum absolute atomic E-state index is 12.6. The summed E-state index contributed by atoms with van der Waals surface area (Å²) in [4.78, 5) is 26.2. The Labute approximate surface area is 124 Å². The Morgan fingerprint density at radius 1 is 1.19 bits per heavy atom. The molecule has 1 saturated carbocycles. The molecule has 21 heavy (non-hydrogen) atoms. The lowest BCUT2D eigenvalue weighted by Crippen LogP contribution is -2.61. The molecule has 6 heteroatoms. The highest BCUT2D eigenvalue weighted by atomic mass is 16.2. The summed E-state index contributed by atoms with van der Waals surface area (Å²) < 4.78 is 1.79. The van der Waals surface area contributed by atoms with Crippen molar-refractivity contribution < 1.29 is 9.59 Å². The molecule has 0 bridgehead atoms. The van der Waals surface area contributed by atoms with Gasteiger partial charge in [-0.2, -0.15) is 5.10 Å². The van der Waals surface area contributed by atoms with E-state index in [4.69, 9.17) is 0 Å². The van der Waals surface area contributed by atoms with Crippen molar-refractivity contribution in [3.8, 4) is 0 Å². The molecule has 0 radical (unpaired) electrons. The van der Waals surface area contributed by atoms with Crippen LogP contribution in [0, 0.1) is 5.92 Å². The number of hydrogen-bond donors (Lipinski definition) is 1. The molecule has 0 aromatic carbocycles. The largest absolute Gasteiger partial charge is 0.342 e. The van der Waals surface area contributed by atoms with Gasteiger partial charge < -0.3 is 10.2 Å².